The van der Waals surface area contributed by atoms with Gasteiger partial charge in [0.05, 0.1) is 0 Å². The second kappa shape index (κ2) is 6.12. The largest absolute Gasteiger partial charge is 0.481 e. The van der Waals surface area contributed by atoms with E-state index < -0.39 is 11.9 Å². The molecule has 1 N–H and O–H groups in total. The maximum absolute atomic E-state index is 11.4. The van der Waals surface area contributed by atoms with E-state index >= 15 is 0 Å². The normalized spacial score (nSPS) is 12.3. The van der Waals surface area contributed by atoms with E-state index in [4.69, 9.17) is 11.6 Å². The third-order valence-corrected chi connectivity index (χ3v) is 3.87. The van der Waals surface area contributed by atoms with Crippen LogP contribution in [-0.4, -0.2) is 20.4 Å². The van der Waals surface area contributed by atoms with Gasteiger partial charge in [0.1, 0.15) is 16.7 Å². The topological polar surface area (TPSA) is 63.1 Å². The minimum absolute atomic E-state index is 0.394. The molecule has 0 aliphatic rings. The zero-order valence-corrected chi connectivity index (χ0v) is 11.9. The van der Waals surface area contributed by atoms with Crippen molar-refractivity contribution in [3.05, 3.63) is 45.7 Å². The summed E-state index contributed by atoms with van der Waals surface area (Å²) >= 11 is 6.98. The molecule has 4 nitrogen and oxygen atoms in total. The number of hydrogen-bond acceptors (Lipinski definition) is 4. The van der Waals surface area contributed by atoms with Gasteiger partial charge < -0.3 is 5.11 Å². The number of aryl methyl sites for hydroxylation is 1. The predicted molar refractivity (Wildman–Crippen MR) is 74.8 cm³/mol. The summed E-state index contributed by atoms with van der Waals surface area (Å²) in [6.45, 7) is 1.95. The quantitative estimate of drug-likeness (QED) is 0.920. The van der Waals surface area contributed by atoms with E-state index in [2.05, 4.69) is 9.36 Å². The molecule has 0 saturated heterocycles. The van der Waals surface area contributed by atoms with Crippen molar-refractivity contribution in [3.63, 3.8) is 0 Å². The number of carboxylic acids is 1. The van der Waals surface area contributed by atoms with Crippen LogP contribution in [0.3, 0.4) is 0 Å². The van der Waals surface area contributed by atoms with Gasteiger partial charge in [0, 0.05) is 11.4 Å². The van der Waals surface area contributed by atoms with Gasteiger partial charge in [-0.15, -0.1) is 0 Å². The molecule has 0 saturated carbocycles. The van der Waals surface area contributed by atoms with E-state index in [-0.39, 0.29) is 0 Å². The Hall–Kier alpha value is -1.46. The number of aliphatic carboxylic acids is 1. The summed E-state index contributed by atoms with van der Waals surface area (Å²) in [6.07, 6.45) is 1.11. The Morgan fingerprint density at radius 3 is 2.63 bits per heavy atom. The van der Waals surface area contributed by atoms with Gasteiger partial charge in [0.15, 0.2) is 0 Å². The zero-order chi connectivity index (χ0) is 13.8. The Balaban J connectivity index is 2.21. The van der Waals surface area contributed by atoms with E-state index in [1.54, 1.807) is 12.1 Å². The lowest BCUT2D eigenvalue weighted by molar-refractivity contribution is -0.138. The zero-order valence-electron chi connectivity index (χ0n) is 10.3. The number of carbonyl (C=O) groups is 1. The monoisotopic (exact) mass is 296 g/mol. The highest BCUT2D eigenvalue weighted by Crippen LogP contribution is 2.24. The van der Waals surface area contributed by atoms with Crippen LogP contribution in [0, 0.1) is 0 Å². The molecule has 0 radical (unpaired) electrons. The van der Waals surface area contributed by atoms with Crippen LogP contribution in [0.2, 0.25) is 5.02 Å². The van der Waals surface area contributed by atoms with Crippen molar-refractivity contribution in [2.45, 2.75) is 25.7 Å². The first-order valence-electron chi connectivity index (χ1n) is 5.90. The Morgan fingerprint density at radius 2 is 2.11 bits per heavy atom. The summed E-state index contributed by atoms with van der Waals surface area (Å²) in [5.74, 6) is -0.838. The first kappa shape index (κ1) is 14.0. The van der Waals surface area contributed by atoms with Crippen LogP contribution >= 0.6 is 23.1 Å². The summed E-state index contributed by atoms with van der Waals surface area (Å²) in [6, 6.07) is 7.18. The van der Waals surface area contributed by atoms with Gasteiger partial charge in [-0.05, 0) is 35.6 Å². The fraction of sp³-hybridized carbons (Fsp3) is 0.308. The van der Waals surface area contributed by atoms with E-state index in [0.717, 1.165) is 17.1 Å². The van der Waals surface area contributed by atoms with Crippen LogP contribution in [0.5, 0.6) is 0 Å². The average Bonchev–Trinajstić information content (AvgIpc) is 2.86. The first-order chi connectivity index (χ1) is 9.10. The first-order valence-corrected chi connectivity index (χ1v) is 7.05. The molecule has 1 unspecified atom stereocenters. The van der Waals surface area contributed by atoms with Crippen molar-refractivity contribution >= 4 is 29.1 Å². The fourth-order valence-corrected chi connectivity index (χ4v) is 2.64. The molecule has 0 amide bonds. The molecule has 0 aliphatic heterocycles. The maximum atomic E-state index is 11.4. The van der Waals surface area contributed by atoms with Crippen LogP contribution < -0.4 is 0 Å². The van der Waals surface area contributed by atoms with Gasteiger partial charge in [-0.1, -0.05) is 30.7 Å². The lowest BCUT2D eigenvalue weighted by Crippen LogP contribution is -2.14. The molecule has 0 fully saturated rings. The molecular weight excluding hydrogens is 284 g/mol. The summed E-state index contributed by atoms with van der Waals surface area (Å²) in [4.78, 5) is 15.6. The highest BCUT2D eigenvalue weighted by atomic mass is 35.5. The van der Waals surface area contributed by atoms with Gasteiger partial charge >= 0.3 is 5.97 Å². The fourth-order valence-electron chi connectivity index (χ4n) is 1.69. The molecule has 2 aromatic rings. The Bertz CT molecular complexity index is 568. The molecule has 0 aliphatic carbocycles. The molecule has 1 aromatic carbocycles. The van der Waals surface area contributed by atoms with Crippen LogP contribution in [0.25, 0.3) is 0 Å². The molecule has 1 heterocycles. The number of rotatable bonds is 5. The van der Waals surface area contributed by atoms with Crippen molar-refractivity contribution < 1.29 is 9.90 Å². The number of aromatic nitrogens is 2. The molecule has 0 bridgehead atoms. The molecular formula is C13H13ClN2O2S. The predicted octanol–water partition coefficient (Wildman–Crippen LogP) is 3.16. The van der Waals surface area contributed by atoms with Crippen LogP contribution in [-0.2, 0) is 17.6 Å². The molecule has 1 aromatic heterocycles. The summed E-state index contributed by atoms with van der Waals surface area (Å²) in [5, 5.41) is 10.5. The number of halogens is 1. The Kier molecular flexibility index (Phi) is 4.50. The SMILES string of the molecule is CCc1nsc(C(Cc2ccc(Cl)cc2)C(=O)O)n1. The maximum Gasteiger partial charge on any atom is 0.313 e. The second-order valence-electron chi connectivity index (χ2n) is 4.12. The lowest BCUT2D eigenvalue weighted by atomic mass is 10.00. The highest BCUT2D eigenvalue weighted by molar-refractivity contribution is 7.05. The molecule has 19 heavy (non-hydrogen) atoms. The molecule has 2 rings (SSSR count). The lowest BCUT2D eigenvalue weighted by Gasteiger charge is -2.08. The summed E-state index contributed by atoms with van der Waals surface area (Å²) in [7, 11) is 0. The number of hydrogen-bond donors (Lipinski definition) is 1. The second-order valence-corrected chi connectivity index (χ2v) is 5.34. The third kappa shape index (κ3) is 3.52. The molecule has 100 valence electrons. The molecule has 1 atom stereocenters. The van der Waals surface area contributed by atoms with Crippen molar-refractivity contribution in [3.8, 4) is 0 Å². The van der Waals surface area contributed by atoms with E-state index in [1.165, 1.54) is 0 Å². The minimum atomic E-state index is -0.881. The summed E-state index contributed by atoms with van der Waals surface area (Å²) < 4.78 is 4.14. The van der Waals surface area contributed by atoms with Crippen LogP contribution in [0.4, 0.5) is 0 Å². The van der Waals surface area contributed by atoms with E-state index in [1.807, 2.05) is 19.1 Å². The van der Waals surface area contributed by atoms with Crippen LogP contribution in [0.1, 0.15) is 29.2 Å². The van der Waals surface area contributed by atoms with Gasteiger partial charge in [-0.2, -0.15) is 4.37 Å². The standard InChI is InChI=1S/C13H13ClN2O2S/c1-2-11-15-12(19-16-11)10(13(17)18)7-8-3-5-9(14)6-4-8/h3-6,10H,2,7H2,1H3,(H,17,18). The van der Waals surface area contributed by atoms with Gasteiger partial charge in [0.2, 0.25) is 0 Å². The number of carboxylic acid groups (broad SMARTS) is 1. The number of benzene rings is 1. The third-order valence-electron chi connectivity index (χ3n) is 2.75. The van der Waals surface area contributed by atoms with Crippen LogP contribution in [0.15, 0.2) is 24.3 Å². The van der Waals surface area contributed by atoms with Gasteiger partial charge in [-0.25, -0.2) is 4.98 Å². The van der Waals surface area contributed by atoms with E-state index in [0.29, 0.717) is 28.7 Å². The van der Waals surface area contributed by atoms with Crippen molar-refractivity contribution in [1.82, 2.24) is 9.36 Å². The average molecular weight is 297 g/mol. The minimum Gasteiger partial charge on any atom is -0.481 e. The van der Waals surface area contributed by atoms with Crippen molar-refractivity contribution in [2.24, 2.45) is 0 Å². The van der Waals surface area contributed by atoms with Crippen molar-refractivity contribution in [2.75, 3.05) is 0 Å². The smallest absolute Gasteiger partial charge is 0.313 e. The molecule has 6 heteroatoms. The van der Waals surface area contributed by atoms with E-state index in [9.17, 15) is 9.90 Å². The van der Waals surface area contributed by atoms with Crippen molar-refractivity contribution in [1.29, 1.82) is 0 Å². The highest BCUT2D eigenvalue weighted by Gasteiger charge is 2.24. The molecule has 0 spiro atoms. The van der Waals surface area contributed by atoms with Gasteiger partial charge in [-0.3, -0.25) is 4.79 Å². The van der Waals surface area contributed by atoms with Gasteiger partial charge in [0.25, 0.3) is 0 Å². The summed E-state index contributed by atoms with van der Waals surface area (Å²) in [5.41, 5.74) is 0.921. The Labute approximate surface area is 120 Å². The number of nitrogens with zero attached hydrogens (tertiary/aromatic N) is 2. The Morgan fingerprint density at radius 1 is 1.42 bits per heavy atom.